The Morgan fingerprint density at radius 2 is 1.89 bits per heavy atom. The summed E-state index contributed by atoms with van der Waals surface area (Å²) in [5.74, 6) is 0.761. The molecule has 1 aromatic carbocycles. The van der Waals surface area contributed by atoms with Crippen molar-refractivity contribution in [3.8, 4) is 5.95 Å². The minimum absolute atomic E-state index is 0.173. The van der Waals surface area contributed by atoms with Gasteiger partial charge in [-0.2, -0.15) is 14.9 Å². The average Bonchev–Trinajstić information content (AvgIpc) is 3.27. The minimum atomic E-state index is -0.181. The molecular formula is C20H21N7O. The van der Waals surface area contributed by atoms with E-state index in [0.29, 0.717) is 11.8 Å². The second-order valence-electron chi connectivity index (χ2n) is 7.57. The van der Waals surface area contributed by atoms with Crippen molar-refractivity contribution in [3.63, 3.8) is 0 Å². The van der Waals surface area contributed by atoms with E-state index in [-0.39, 0.29) is 17.7 Å². The molecule has 3 heterocycles. The van der Waals surface area contributed by atoms with Crippen LogP contribution in [0.25, 0.3) is 16.9 Å². The molecule has 0 aliphatic carbocycles. The zero-order valence-corrected chi connectivity index (χ0v) is 16.0. The maximum atomic E-state index is 12.7. The number of amides is 1. The summed E-state index contributed by atoms with van der Waals surface area (Å²) < 4.78 is 1.56. The Kier molecular flexibility index (Phi) is 4.38. The molecule has 2 N–H and O–H groups in total. The second kappa shape index (κ2) is 6.88. The van der Waals surface area contributed by atoms with E-state index in [2.05, 4.69) is 51.4 Å². The number of hydrogen-bond donors (Lipinski definition) is 2. The van der Waals surface area contributed by atoms with Crippen LogP contribution in [-0.4, -0.2) is 35.9 Å². The third kappa shape index (κ3) is 3.48. The first-order chi connectivity index (χ1) is 13.4. The molecule has 0 aliphatic heterocycles. The highest BCUT2D eigenvalue weighted by molar-refractivity contribution is 5.94. The van der Waals surface area contributed by atoms with Crippen LogP contribution in [0.1, 0.15) is 32.2 Å². The summed E-state index contributed by atoms with van der Waals surface area (Å²) in [6, 6.07) is 11.3. The fourth-order valence-corrected chi connectivity index (χ4v) is 2.89. The standard InChI is InChI=1S/C20H21N7O/c1-20(2,3)16-12-17(27(26-16)19-21-9-6-10-22-19)23-18(28)11-15-13-7-4-5-8-14(13)24-25-15/h4-10,12H,11H2,1-3H3,(H,23,28)(H,24,25). The van der Waals surface area contributed by atoms with Crippen molar-refractivity contribution in [3.05, 3.63) is 60.2 Å². The summed E-state index contributed by atoms with van der Waals surface area (Å²) >= 11 is 0. The van der Waals surface area contributed by atoms with Gasteiger partial charge in [-0.1, -0.05) is 39.0 Å². The summed E-state index contributed by atoms with van der Waals surface area (Å²) in [7, 11) is 0. The normalized spacial score (nSPS) is 11.7. The molecule has 3 aromatic heterocycles. The Bertz CT molecular complexity index is 1120. The topological polar surface area (TPSA) is 101 Å². The van der Waals surface area contributed by atoms with Gasteiger partial charge in [0.1, 0.15) is 5.82 Å². The largest absolute Gasteiger partial charge is 0.310 e. The van der Waals surface area contributed by atoms with Crippen LogP contribution in [0.3, 0.4) is 0 Å². The number of rotatable bonds is 4. The van der Waals surface area contributed by atoms with Crippen molar-refractivity contribution in [2.75, 3.05) is 5.32 Å². The molecule has 0 aliphatic rings. The fraction of sp³-hybridized carbons (Fsp3) is 0.250. The van der Waals surface area contributed by atoms with E-state index in [1.165, 1.54) is 0 Å². The predicted octanol–water partition coefficient (Wildman–Crippen LogP) is 3.02. The molecule has 4 aromatic rings. The number of anilines is 1. The SMILES string of the molecule is CC(C)(C)c1cc(NC(=O)Cc2[nH]nc3ccccc23)n(-c2ncccn2)n1. The van der Waals surface area contributed by atoms with E-state index in [1.807, 2.05) is 30.3 Å². The zero-order valence-electron chi connectivity index (χ0n) is 16.0. The Morgan fingerprint density at radius 1 is 1.14 bits per heavy atom. The molecule has 142 valence electrons. The molecule has 0 saturated carbocycles. The number of aromatic nitrogens is 6. The zero-order chi connectivity index (χ0) is 19.7. The monoisotopic (exact) mass is 375 g/mol. The lowest BCUT2D eigenvalue weighted by molar-refractivity contribution is -0.115. The summed E-state index contributed by atoms with van der Waals surface area (Å²) in [5.41, 5.74) is 2.26. The van der Waals surface area contributed by atoms with E-state index < -0.39 is 0 Å². The second-order valence-corrected chi connectivity index (χ2v) is 7.57. The van der Waals surface area contributed by atoms with Gasteiger partial charge in [0.25, 0.3) is 5.95 Å². The number of hydrogen-bond acceptors (Lipinski definition) is 5. The molecule has 0 saturated heterocycles. The van der Waals surface area contributed by atoms with Gasteiger partial charge >= 0.3 is 0 Å². The highest BCUT2D eigenvalue weighted by Gasteiger charge is 2.22. The number of carbonyl (C=O) groups is 1. The maximum Gasteiger partial charge on any atom is 0.252 e. The number of carbonyl (C=O) groups excluding carboxylic acids is 1. The number of para-hydroxylation sites is 1. The van der Waals surface area contributed by atoms with Gasteiger partial charge in [0.05, 0.1) is 23.3 Å². The van der Waals surface area contributed by atoms with Gasteiger partial charge < -0.3 is 5.32 Å². The van der Waals surface area contributed by atoms with Gasteiger partial charge in [-0.15, -0.1) is 0 Å². The molecular weight excluding hydrogens is 354 g/mol. The van der Waals surface area contributed by atoms with E-state index in [4.69, 9.17) is 0 Å². The first-order valence-electron chi connectivity index (χ1n) is 9.01. The number of fused-ring (bicyclic) bond motifs is 1. The molecule has 0 spiro atoms. The van der Waals surface area contributed by atoms with Crippen LogP contribution in [0.4, 0.5) is 5.82 Å². The Morgan fingerprint density at radius 3 is 2.64 bits per heavy atom. The summed E-state index contributed by atoms with van der Waals surface area (Å²) in [6.07, 6.45) is 3.46. The van der Waals surface area contributed by atoms with Crippen LogP contribution in [0, 0.1) is 0 Å². The molecule has 0 bridgehead atoms. The fourth-order valence-electron chi connectivity index (χ4n) is 2.89. The van der Waals surface area contributed by atoms with Crippen LogP contribution in [0.2, 0.25) is 0 Å². The number of nitrogens with zero attached hydrogens (tertiary/aromatic N) is 5. The Balaban J connectivity index is 1.63. The first-order valence-corrected chi connectivity index (χ1v) is 9.01. The third-order valence-corrected chi connectivity index (χ3v) is 4.36. The molecule has 8 nitrogen and oxygen atoms in total. The minimum Gasteiger partial charge on any atom is -0.310 e. The number of benzene rings is 1. The van der Waals surface area contributed by atoms with Crippen LogP contribution in [-0.2, 0) is 16.6 Å². The van der Waals surface area contributed by atoms with E-state index in [1.54, 1.807) is 23.1 Å². The van der Waals surface area contributed by atoms with Crippen molar-refractivity contribution >= 4 is 22.6 Å². The lowest BCUT2D eigenvalue weighted by atomic mass is 9.92. The van der Waals surface area contributed by atoms with Gasteiger partial charge in [-0.3, -0.25) is 9.89 Å². The van der Waals surface area contributed by atoms with Gasteiger partial charge in [-0.25, -0.2) is 9.97 Å². The molecule has 1 amide bonds. The van der Waals surface area contributed by atoms with Gasteiger partial charge in [-0.05, 0) is 12.1 Å². The lowest BCUT2D eigenvalue weighted by Crippen LogP contribution is -2.18. The van der Waals surface area contributed by atoms with Crippen molar-refractivity contribution in [1.29, 1.82) is 0 Å². The molecule has 0 radical (unpaired) electrons. The van der Waals surface area contributed by atoms with Gasteiger partial charge in [0.15, 0.2) is 0 Å². The van der Waals surface area contributed by atoms with Crippen LogP contribution in [0.15, 0.2) is 48.8 Å². The quantitative estimate of drug-likeness (QED) is 0.571. The van der Waals surface area contributed by atoms with Crippen LogP contribution < -0.4 is 5.32 Å². The highest BCUT2D eigenvalue weighted by atomic mass is 16.1. The van der Waals surface area contributed by atoms with Gasteiger partial charge in [0.2, 0.25) is 5.91 Å². The number of nitrogens with one attached hydrogen (secondary N) is 2. The van der Waals surface area contributed by atoms with Crippen molar-refractivity contribution < 1.29 is 4.79 Å². The molecule has 28 heavy (non-hydrogen) atoms. The van der Waals surface area contributed by atoms with Crippen molar-refractivity contribution in [1.82, 2.24) is 29.9 Å². The van der Waals surface area contributed by atoms with Gasteiger partial charge in [0, 0.05) is 29.3 Å². The number of H-pyrrole nitrogens is 1. The van der Waals surface area contributed by atoms with E-state index >= 15 is 0 Å². The molecule has 8 heteroatoms. The summed E-state index contributed by atoms with van der Waals surface area (Å²) in [4.78, 5) is 21.2. The lowest BCUT2D eigenvalue weighted by Gasteiger charge is -2.13. The summed E-state index contributed by atoms with van der Waals surface area (Å²) in [6.45, 7) is 6.19. The van der Waals surface area contributed by atoms with E-state index in [9.17, 15) is 4.79 Å². The maximum absolute atomic E-state index is 12.7. The first kappa shape index (κ1) is 17.8. The number of aromatic amines is 1. The Hall–Kier alpha value is -3.55. The summed E-state index contributed by atoms with van der Waals surface area (Å²) in [5, 5.41) is 15.7. The predicted molar refractivity (Wildman–Crippen MR) is 106 cm³/mol. The Labute approximate surface area is 162 Å². The molecule has 0 atom stereocenters. The molecule has 0 fully saturated rings. The molecule has 4 rings (SSSR count). The smallest absolute Gasteiger partial charge is 0.252 e. The van der Waals surface area contributed by atoms with Crippen LogP contribution >= 0.6 is 0 Å². The molecule has 0 unspecified atom stereocenters. The highest BCUT2D eigenvalue weighted by Crippen LogP contribution is 2.25. The third-order valence-electron chi connectivity index (χ3n) is 4.36. The average molecular weight is 375 g/mol. The van der Waals surface area contributed by atoms with E-state index in [0.717, 1.165) is 22.3 Å². The van der Waals surface area contributed by atoms with Crippen LogP contribution in [0.5, 0.6) is 0 Å². The van der Waals surface area contributed by atoms with Crippen molar-refractivity contribution in [2.45, 2.75) is 32.6 Å². The van der Waals surface area contributed by atoms with Crippen molar-refractivity contribution in [2.24, 2.45) is 0 Å².